The van der Waals surface area contributed by atoms with E-state index in [4.69, 9.17) is 4.42 Å². The Morgan fingerprint density at radius 1 is 1.29 bits per heavy atom. The number of amides is 1. The summed E-state index contributed by atoms with van der Waals surface area (Å²) in [6.07, 6.45) is 1.46. The van der Waals surface area contributed by atoms with Crippen LogP contribution < -0.4 is 5.32 Å². The van der Waals surface area contributed by atoms with E-state index < -0.39 is 11.5 Å². The molecule has 0 spiro atoms. The van der Waals surface area contributed by atoms with Gasteiger partial charge >= 0.3 is 0 Å². The van der Waals surface area contributed by atoms with Gasteiger partial charge in [-0.2, -0.15) is 9.90 Å². The van der Waals surface area contributed by atoms with E-state index in [1.165, 1.54) is 22.3 Å². The van der Waals surface area contributed by atoms with E-state index in [2.05, 4.69) is 25.5 Å². The molecule has 0 saturated heterocycles. The molecule has 0 radical (unpaired) electrons. The van der Waals surface area contributed by atoms with E-state index in [1.54, 1.807) is 26.2 Å². The first-order chi connectivity index (χ1) is 14.7. The van der Waals surface area contributed by atoms with Crippen molar-refractivity contribution in [1.82, 2.24) is 25.0 Å². The summed E-state index contributed by atoms with van der Waals surface area (Å²) >= 11 is 1.41. The maximum atomic E-state index is 12.8. The van der Waals surface area contributed by atoms with E-state index in [1.807, 2.05) is 31.2 Å². The summed E-state index contributed by atoms with van der Waals surface area (Å²) in [4.78, 5) is 22.9. The third-order valence-corrected chi connectivity index (χ3v) is 5.30. The van der Waals surface area contributed by atoms with Gasteiger partial charge in [-0.15, -0.1) is 16.4 Å². The molecule has 0 aliphatic heterocycles. The summed E-state index contributed by atoms with van der Waals surface area (Å²) in [5.74, 6) is 0.670. The van der Waals surface area contributed by atoms with Crippen molar-refractivity contribution in [2.75, 3.05) is 5.32 Å². The molecule has 2 N–H and O–H groups in total. The fourth-order valence-corrected chi connectivity index (χ4v) is 3.88. The molecule has 4 aromatic rings. The lowest BCUT2D eigenvalue weighted by Gasteiger charge is -2.12. The summed E-state index contributed by atoms with van der Waals surface area (Å²) in [6.45, 7) is 7.36. The van der Waals surface area contributed by atoms with Crippen LogP contribution in [0.5, 0.6) is 0 Å². The largest absolute Gasteiger partial charge is 0.440 e. The maximum Gasteiger partial charge on any atom is 0.279 e. The molecule has 0 aliphatic rings. The Labute approximate surface area is 182 Å². The molecule has 9 nitrogen and oxygen atoms in total. The highest BCUT2D eigenvalue weighted by molar-refractivity contribution is 7.09. The molecular weight excluding hydrogens is 416 g/mol. The third-order valence-electron chi connectivity index (χ3n) is 4.46. The summed E-state index contributed by atoms with van der Waals surface area (Å²) in [6, 6.07) is 7.67. The van der Waals surface area contributed by atoms with Gasteiger partial charge < -0.3 is 14.8 Å². The number of benzene rings is 1. The standard InChI is InChI=1S/C21H22N6O3S/c1-12-6-5-7-14(8-12)19-18(23-13(2)30-19)20(28)25-16-9-22-27(26-16)10-17-24-15(11-31-17)21(3,4)29/h5-9,11,29H,10H2,1-4H3,(H,25,26,28). The van der Waals surface area contributed by atoms with E-state index in [0.29, 0.717) is 29.7 Å². The van der Waals surface area contributed by atoms with Gasteiger partial charge in [-0.3, -0.25) is 4.79 Å². The van der Waals surface area contributed by atoms with Crippen molar-refractivity contribution in [3.63, 3.8) is 0 Å². The molecule has 4 rings (SSSR count). The van der Waals surface area contributed by atoms with Crippen molar-refractivity contribution >= 4 is 23.1 Å². The van der Waals surface area contributed by atoms with Crippen LogP contribution in [0.15, 0.2) is 40.3 Å². The van der Waals surface area contributed by atoms with Crippen molar-refractivity contribution < 1.29 is 14.3 Å². The Balaban J connectivity index is 1.49. The summed E-state index contributed by atoms with van der Waals surface area (Å²) in [5, 5.41) is 23.8. The number of oxazole rings is 1. The number of thiazole rings is 1. The molecule has 160 valence electrons. The SMILES string of the molecule is Cc1cccc(-c2oc(C)nc2C(=O)Nc2cnn(Cc3nc(C(C)(C)O)cs3)n2)c1. The second-order valence-electron chi connectivity index (χ2n) is 7.68. The number of nitrogens with zero attached hydrogens (tertiary/aromatic N) is 5. The molecule has 1 amide bonds. The van der Waals surface area contributed by atoms with Gasteiger partial charge in [-0.1, -0.05) is 23.8 Å². The zero-order chi connectivity index (χ0) is 22.2. The van der Waals surface area contributed by atoms with Crippen molar-refractivity contribution in [3.8, 4) is 11.3 Å². The predicted octanol–water partition coefficient (Wildman–Crippen LogP) is 3.53. The topological polar surface area (TPSA) is 119 Å². The molecule has 3 heterocycles. The van der Waals surface area contributed by atoms with E-state index in [9.17, 15) is 9.90 Å². The Kier molecular flexibility index (Phi) is 5.42. The molecule has 3 aromatic heterocycles. The summed E-state index contributed by atoms with van der Waals surface area (Å²) in [7, 11) is 0. The first kappa shape index (κ1) is 20.9. The minimum atomic E-state index is -1.00. The van der Waals surface area contributed by atoms with Crippen molar-refractivity contribution in [2.24, 2.45) is 0 Å². The number of anilines is 1. The minimum Gasteiger partial charge on any atom is -0.440 e. The minimum absolute atomic E-state index is 0.187. The molecule has 1 aromatic carbocycles. The number of aryl methyl sites for hydroxylation is 2. The Morgan fingerprint density at radius 3 is 2.81 bits per heavy atom. The van der Waals surface area contributed by atoms with Gasteiger partial charge in [0, 0.05) is 17.9 Å². The zero-order valence-corrected chi connectivity index (χ0v) is 18.4. The molecule has 0 unspecified atom stereocenters. The molecule has 31 heavy (non-hydrogen) atoms. The summed E-state index contributed by atoms with van der Waals surface area (Å²) in [5.41, 5.74) is 1.61. The predicted molar refractivity (Wildman–Crippen MR) is 116 cm³/mol. The third kappa shape index (κ3) is 4.70. The Bertz CT molecular complexity index is 1230. The zero-order valence-electron chi connectivity index (χ0n) is 17.6. The first-order valence-electron chi connectivity index (χ1n) is 9.62. The molecule has 0 saturated carbocycles. The van der Waals surface area contributed by atoms with Crippen LogP contribution in [0.25, 0.3) is 11.3 Å². The number of carbonyl (C=O) groups is 1. The van der Waals surface area contributed by atoms with Crippen LogP contribution in [0.3, 0.4) is 0 Å². The second kappa shape index (κ2) is 8.05. The molecular formula is C21H22N6O3S. The van der Waals surface area contributed by atoms with Gasteiger partial charge in [0.1, 0.15) is 17.2 Å². The van der Waals surface area contributed by atoms with Crippen molar-refractivity contribution in [2.45, 2.75) is 39.8 Å². The lowest BCUT2D eigenvalue weighted by Crippen LogP contribution is -2.16. The van der Waals surface area contributed by atoms with E-state index >= 15 is 0 Å². The normalized spacial score (nSPS) is 11.6. The van der Waals surface area contributed by atoms with Crippen LogP contribution in [0.4, 0.5) is 5.82 Å². The highest BCUT2D eigenvalue weighted by Gasteiger charge is 2.22. The number of nitrogens with one attached hydrogen (secondary N) is 1. The first-order valence-corrected chi connectivity index (χ1v) is 10.5. The lowest BCUT2D eigenvalue weighted by atomic mass is 10.1. The monoisotopic (exact) mass is 438 g/mol. The van der Waals surface area contributed by atoms with Gasteiger partial charge in [0.05, 0.1) is 11.9 Å². The molecule has 0 fully saturated rings. The number of aromatic nitrogens is 5. The van der Waals surface area contributed by atoms with Gasteiger partial charge in [0.2, 0.25) is 0 Å². The number of hydrogen-bond acceptors (Lipinski definition) is 8. The van der Waals surface area contributed by atoms with Gasteiger partial charge in [0.15, 0.2) is 23.2 Å². The van der Waals surface area contributed by atoms with Gasteiger partial charge in [-0.25, -0.2) is 9.97 Å². The van der Waals surface area contributed by atoms with Crippen molar-refractivity contribution in [1.29, 1.82) is 0 Å². The Hall–Kier alpha value is -3.37. The van der Waals surface area contributed by atoms with Crippen LogP contribution in [-0.4, -0.2) is 36.0 Å². The van der Waals surface area contributed by atoms with Crippen LogP contribution in [-0.2, 0) is 12.1 Å². The van der Waals surface area contributed by atoms with Gasteiger partial charge in [-0.05, 0) is 26.8 Å². The lowest BCUT2D eigenvalue weighted by molar-refractivity contribution is 0.0743. The molecule has 0 atom stereocenters. The smallest absolute Gasteiger partial charge is 0.279 e. The van der Waals surface area contributed by atoms with Crippen molar-refractivity contribution in [3.05, 3.63) is 63.7 Å². The van der Waals surface area contributed by atoms with Crippen LogP contribution in [0.1, 0.15) is 46.5 Å². The maximum absolute atomic E-state index is 12.8. The molecule has 0 aliphatic carbocycles. The van der Waals surface area contributed by atoms with Crippen LogP contribution >= 0.6 is 11.3 Å². The number of aliphatic hydroxyl groups is 1. The number of hydrogen-bond donors (Lipinski definition) is 2. The Morgan fingerprint density at radius 2 is 2.10 bits per heavy atom. The number of carbonyl (C=O) groups excluding carboxylic acids is 1. The average Bonchev–Trinajstić information content (AvgIpc) is 3.42. The van der Waals surface area contributed by atoms with E-state index in [-0.39, 0.29) is 5.69 Å². The van der Waals surface area contributed by atoms with E-state index in [0.717, 1.165) is 16.1 Å². The second-order valence-corrected chi connectivity index (χ2v) is 8.62. The fraction of sp³-hybridized carbons (Fsp3) is 0.286. The van der Waals surface area contributed by atoms with Gasteiger partial charge in [0.25, 0.3) is 5.91 Å². The summed E-state index contributed by atoms with van der Waals surface area (Å²) < 4.78 is 5.69. The highest BCUT2D eigenvalue weighted by Crippen LogP contribution is 2.26. The molecule has 0 bridgehead atoms. The fourth-order valence-electron chi connectivity index (χ4n) is 2.95. The average molecular weight is 439 g/mol. The van der Waals surface area contributed by atoms with Crippen LogP contribution in [0, 0.1) is 13.8 Å². The van der Waals surface area contributed by atoms with Crippen LogP contribution in [0.2, 0.25) is 0 Å². The molecule has 10 heteroatoms. The highest BCUT2D eigenvalue weighted by atomic mass is 32.1. The number of rotatable bonds is 6. The quantitative estimate of drug-likeness (QED) is 0.472.